The minimum atomic E-state index is -0.201. The van der Waals surface area contributed by atoms with Gasteiger partial charge in [0.25, 0.3) is 11.7 Å². The van der Waals surface area contributed by atoms with Gasteiger partial charge in [-0.05, 0) is 42.7 Å². The lowest BCUT2D eigenvalue weighted by Crippen LogP contribution is -2.38. The molecule has 0 aromatic carbocycles. The number of tetrazole rings is 1. The van der Waals surface area contributed by atoms with Crippen LogP contribution in [0.5, 0.6) is 0 Å². The van der Waals surface area contributed by atoms with Crippen LogP contribution in [-0.2, 0) is 0 Å². The first-order valence-electron chi connectivity index (χ1n) is 5.39. The molecule has 2 aliphatic rings. The quantitative estimate of drug-likeness (QED) is 0.734. The number of H-pyrrole nitrogens is 1. The van der Waals surface area contributed by atoms with Crippen LogP contribution < -0.4 is 5.32 Å². The fourth-order valence-corrected chi connectivity index (χ4v) is 2.01. The van der Waals surface area contributed by atoms with E-state index in [0.29, 0.717) is 17.9 Å². The van der Waals surface area contributed by atoms with Crippen LogP contribution in [0.3, 0.4) is 0 Å². The smallest absolute Gasteiger partial charge is 0.293 e. The van der Waals surface area contributed by atoms with E-state index < -0.39 is 0 Å². The Kier molecular flexibility index (Phi) is 1.93. The number of nitrogens with zero attached hydrogens (tertiary/aromatic N) is 3. The monoisotopic (exact) mass is 207 g/mol. The SMILES string of the molecule is O=C(NC(C1CC1)C1CC1)c1nn[nH]n1. The zero-order valence-corrected chi connectivity index (χ0v) is 8.31. The minimum Gasteiger partial charge on any atom is -0.346 e. The fourth-order valence-electron chi connectivity index (χ4n) is 2.01. The number of hydrogen-bond acceptors (Lipinski definition) is 4. The lowest BCUT2D eigenvalue weighted by Gasteiger charge is -2.15. The van der Waals surface area contributed by atoms with Crippen LogP contribution in [0.15, 0.2) is 0 Å². The second-order valence-electron chi connectivity index (χ2n) is 4.41. The molecule has 6 nitrogen and oxygen atoms in total. The first-order chi connectivity index (χ1) is 7.34. The van der Waals surface area contributed by atoms with Gasteiger partial charge in [0.1, 0.15) is 0 Å². The van der Waals surface area contributed by atoms with Crippen LogP contribution in [0.4, 0.5) is 0 Å². The summed E-state index contributed by atoms with van der Waals surface area (Å²) >= 11 is 0. The van der Waals surface area contributed by atoms with Gasteiger partial charge in [-0.1, -0.05) is 0 Å². The number of amides is 1. The predicted octanol–water partition coefficient (Wildman–Crippen LogP) is 0.118. The third-order valence-corrected chi connectivity index (χ3v) is 3.11. The van der Waals surface area contributed by atoms with Crippen LogP contribution in [-0.4, -0.2) is 32.6 Å². The van der Waals surface area contributed by atoms with E-state index in [1.54, 1.807) is 0 Å². The molecule has 1 aromatic heterocycles. The van der Waals surface area contributed by atoms with Crippen molar-refractivity contribution < 1.29 is 4.79 Å². The summed E-state index contributed by atoms with van der Waals surface area (Å²) in [6.45, 7) is 0. The molecule has 1 aromatic rings. The first-order valence-corrected chi connectivity index (χ1v) is 5.39. The van der Waals surface area contributed by atoms with Crippen LogP contribution in [0, 0.1) is 11.8 Å². The Morgan fingerprint density at radius 2 is 2.00 bits per heavy atom. The second kappa shape index (κ2) is 3.29. The molecule has 2 aliphatic carbocycles. The second-order valence-corrected chi connectivity index (χ2v) is 4.41. The van der Waals surface area contributed by atoms with E-state index in [1.807, 2.05) is 0 Å². The molecule has 15 heavy (non-hydrogen) atoms. The lowest BCUT2D eigenvalue weighted by molar-refractivity contribution is 0.0916. The summed E-state index contributed by atoms with van der Waals surface area (Å²) in [6, 6.07) is 0.344. The number of aromatic amines is 1. The molecule has 0 bridgehead atoms. The van der Waals surface area contributed by atoms with E-state index in [0.717, 1.165) is 0 Å². The molecule has 0 unspecified atom stereocenters. The van der Waals surface area contributed by atoms with Crippen molar-refractivity contribution in [3.05, 3.63) is 5.82 Å². The standard InChI is InChI=1S/C9H13N5O/c15-9(8-11-13-14-12-8)10-7(5-1-2-5)6-3-4-6/h5-7H,1-4H2,(H,10,15)(H,11,12,13,14). The van der Waals surface area contributed by atoms with Crippen molar-refractivity contribution >= 4 is 5.91 Å². The van der Waals surface area contributed by atoms with Gasteiger partial charge in [-0.2, -0.15) is 5.21 Å². The molecule has 0 atom stereocenters. The number of carbonyl (C=O) groups is 1. The molecule has 1 amide bonds. The van der Waals surface area contributed by atoms with E-state index in [4.69, 9.17) is 0 Å². The highest BCUT2D eigenvalue weighted by Gasteiger charge is 2.42. The molecule has 2 fully saturated rings. The zero-order chi connectivity index (χ0) is 10.3. The molecule has 80 valence electrons. The van der Waals surface area contributed by atoms with Gasteiger partial charge in [0.15, 0.2) is 0 Å². The molecule has 0 saturated heterocycles. The van der Waals surface area contributed by atoms with Crippen molar-refractivity contribution in [1.29, 1.82) is 0 Å². The third kappa shape index (κ3) is 1.84. The number of hydrogen-bond donors (Lipinski definition) is 2. The fraction of sp³-hybridized carbons (Fsp3) is 0.778. The van der Waals surface area contributed by atoms with Gasteiger partial charge in [0, 0.05) is 6.04 Å². The molecular weight excluding hydrogens is 194 g/mol. The van der Waals surface area contributed by atoms with Crippen molar-refractivity contribution in [3.63, 3.8) is 0 Å². The molecule has 3 rings (SSSR count). The Morgan fingerprint density at radius 1 is 1.33 bits per heavy atom. The molecule has 0 aliphatic heterocycles. The van der Waals surface area contributed by atoms with E-state index in [1.165, 1.54) is 25.7 Å². The van der Waals surface area contributed by atoms with E-state index >= 15 is 0 Å². The maximum Gasteiger partial charge on any atom is 0.293 e. The third-order valence-electron chi connectivity index (χ3n) is 3.11. The first kappa shape index (κ1) is 8.82. The zero-order valence-electron chi connectivity index (χ0n) is 8.31. The Labute approximate surface area is 86.8 Å². The Bertz CT molecular complexity index is 343. The highest BCUT2D eigenvalue weighted by atomic mass is 16.2. The van der Waals surface area contributed by atoms with E-state index in [9.17, 15) is 4.79 Å². The Morgan fingerprint density at radius 3 is 2.47 bits per heavy atom. The average Bonchev–Trinajstić information content (AvgIpc) is 3.15. The average molecular weight is 207 g/mol. The van der Waals surface area contributed by atoms with Gasteiger partial charge in [0.2, 0.25) is 0 Å². The Hall–Kier alpha value is -1.46. The largest absolute Gasteiger partial charge is 0.346 e. The highest BCUT2D eigenvalue weighted by Crippen LogP contribution is 2.44. The molecule has 0 radical (unpaired) electrons. The number of rotatable bonds is 4. The number of nitrogens with one attached hydrogen (secondary N) is 2. The molecule has 0 spiro atoms. The topological polar surface area (TPSA) is 83.6 Å². The summed E-state index contributed by atoms with van der Waals surface area (Å²) < 4.78 is 0. The summed E-state index contributed by atoms with van der Waals surface area (Å²) in [5.74, 6) is 1.32. The van der Waals surface area contributed by atoms with Crippen molar-refractivity contribution in [2.45, 2.75) is 31.7 Å². The highest BCUT2D eigenvalue weighted by molar-refractivity contribution is 5.90. The predicted molar refractivity (Wildman–Crippen MR) is 50.9 cm³/mol. The molecule has 6 heteroatoms. The summed E-state index contributed by atoms with van der Waals surface area (Å²) in [7, 11) is 0. The minimum absolute atomic E-state index is 0.140. The molecule has 2 N–H and O–H groups in total. The summed E-state index contributed by atoms with van der Waals surface area (Å²) in [6.07, 6.45) is 4.97. The maximum atomic E-state index is 11.7. The van der Waals surface area contributed by atoms with Crippen molar-refractivity contribution in [2.24, 2.45) is 11.8 Å². The molecule has 2 saturated carbocycles. The van der Waals surface area contributed by atoms with Crippen LogP contribution in [0.25, 0.3) is 0 Å². The summed E-state index contributed by atoms with van der Waals surface area (Å²) in [5.41, 5.74) is 0. The van der Waals surface area contributed by atoms with Gasteiger partial charge >= 0.3 is 0 Å². The van der Waals surface area contributed by atoms with Gasteiger partial charge in [-0.25, -0.2) is 0 Å². The maximum absolute atomic E-state index is 11.7. The summed E-state index contributed by atoms with van der Waals surface area (Å²) in [4.78, 5) is 11.7. The van der Waals surface area contributed by atoms with Gasteiger partial charge in [-0.15, -0.1) is 10.2 Å². The van der Waals surface area contributed by atoms with Crippen molar-refractivity contribution in [3.8, 4) is 0 Å². The molecule has 1 heterocycles. The van der Waals surface area contributed by atoms with Crippen molar-refractivity contribution in [1.82, 2.24) is 25.9 Å². The van der Waals surface area contributed by atoms with Gasteiger partial charge in [0.05, 0.1) is 0 Å². The normalized spacial score (nSPS) is 20.6. The number of aromatic nitrogens is 4. The van der Waals surface area contributed by atoms with Gasteiger partial charge < -0.3 is 5.32 Å². The van der Waals surface area contributed by atoms with E-state index in [-0.39, 0.29) is 11.7 Å². The Balaban J connectivity index is 1.65. The van der Waals surface area contributed by atoms with Gasteiger partial charge in [-0.3, -0.25) is 4.79 Å². The summed E-state index contributed by atoms with van der Waals surface area (Å²) in [5, 5.41) is 16.0. The van der Waals surface area contributed by atoms with E-state index in [2.05, 4.69) is 25.9 Å². The van der Waals surface area contributed by atoms with Crippen LogP contribution >= 0.6 is 0 Å². The lowest BCUT2D eigenvalue weighted by atomic mass is 10.1. The van der Waals surface area contributed by atoms with Crippen LogP contribution in [0.2, 0.25) is 0 Å². The van der Waals surface area contributed by atoms with Crippen LogP contribution in [0.1, 0.15) is 36.3 Å². The molecular formula is C9H13N5O. The van der Waals surface area contributed by atoms with Crippen molar-refractivity contribution in [2.75, 3.05) is 0 Å². The number of carbonyl (C=O) groups excluding carboxylic acids is 1.